The Morgan fingerprint density at radius 2 is 1.26 bits per heavy atom. The SMILES string of the molecule is C=C(OC1CCCCC1)C(C)C.C=C(OCCC(C)C)C(C)C.C=C(Oc1ccc(F)cc1)C(C)C.COC(=O)C(C)C. The molecule has 0 N–H and O–H groups in total. The first-order chi connectivity index (χ1) is 20.0. The highest BCUT2D eigenvalue weighted by Crippen LogP contribution is 2.24. The van der Waals surface area contributed by atoms with Crippen LogP contribution in [0.1, 0.15) is 108 Å². The second-order valence-electron chi connectivity index (χ2n) is 12.5. The van der Waals surface area contributed by atoms with Crippen molar-refractivity contribution in [3.63, 3.8) is 0 Å². The van der Waals surface area contributed by atoms with E-state index in [0.717, 1.165) is 30.5 Å². The first-order valence-corrected chi connectivity index (χ1v) is 15.9. The van der Waals surface area contributed by atoms with E-state index in [-0.39, 0.29) is 23.6 Å². The van der Waals surface area contributed by atoms with Gasteiger partial charge in [0.25, 0.3) is 0 Å². The van der Waals surface area contributed by atoms with Crippen molar-refractivity contribution in [3.8, 4) is 5.75 Å². The molecule has 0 aliphatic heterocycles. The van der Waals surface area contributed by atoms with E-state index >= 15 is 0 Å². The van der Waals surface area contributed by atoms with Gasteiger partial charge in [0, 0.05) is 17.8 Å². The van der Waals surface area contributed by atoms with Crippen LogP contribution in [0.4, 0.5) is 4.39 Å². The second-order valence-corrected chi connectivity index (χ2v) is 12.5. The van der Waals surface area contributed by atoms with Crippen molar-refractivity contribution < 1.29 is 28.1 Å². The molecule has 2 rings (SSSR count). The summed E-state index contributed by atoms with van der Waals surface area (Å²) in [6.07, 6.45) is 8.08. The molecule has 248 valence electrons. The Hall–Kier alpha value is -2.76. The molecule has 1 aromatic carbocycles. The van der Waals surface area contributed by atoms with E-state index < -0.39 is 0 Å². The Balaban J connectivity index is 0. The van der Waals surface area contributed by atoms with E-state index in [1.165, 1.54) is 51.3 Å². The lowest BCUT2D eigenvalue weighted by Gasteiger charge is -2.25. The summed E-state index contributed by atoms with van der Waals surface area (Å²) in [6, 6.07) is 5.90. The zero-order valence-corrected chi connectivity index (χ0v) is 29.3. The van der Waals surface area contributed by atoms with E-state index in [9.17, 15) is 9.18 Å². The van der Waals surface area contributed by atoms with Crippen LogP contribution >= 0.6 is 0 Å². The van der Waals surface area contributed by atoms with Gasteiger partial charge >= 0.3 is 5.97 Å². The summed E-state index contributed by atoms with van der Waals surface area (Å²) in [6.45, 7) is 32.7. The molecule has 0 radical (unpaired) electrons. The number of ether oxygens (including phenoxy) is 4. The third kappa shape index (κ3) is 24.4. The number of allylic oxidation sites excluding steroid dienone is 3. The molecule has 1 fully saturated rings. The monoisotopic (exact) mass is 606 g/mol. The summed E-state index contributed by atoms with van der Waals surface area (Å²) in [5.41, 5.74) is 0. The van der Waals surface area contributed by atoms with Gasteiger partial charge in [0.1, 0.15) is 11.6 Å². The zero-order chi connectivity index (χ0) is 33.5. The quantitative estimate of drug-likeness (QED) is 0.175. The molecular formula is C37H63FO5. The van der Waals surface area contributed by atoms with E-state index in [0.29, 0.717) is 29.4 Å². The van der Waals surface area contributed by atoms with E-state index in [1.54, 1.807) is 26.0 Å². The molecule has 6 heteroatoms. The lowest BCUT2D eigenvalue weighted by atomic mass is 9.97. The van der Waals surface area contributed by atoms with Crippen molar-refractivity contribution in [1.29, 1.82) is 0 Å². The number of hydrogen-bond acceptors (Lipinski definition) is 5. The van der Waals surface area contributed by atoms with Gasteiger partial charge in [-0.3, -0.25) is 4.79 Å². The molecule has 0 atom stereocenters. The standard InChI is InChI=1S/C11H13FO.C11H20O.C10H20O.C5H10O2/c1-8(2)9(3)13-11-6-4-10(12)5-7-11;1-9(2)10(3)12-11-7-5-4-6-8-11;1-8(2)6-7-11-10(5)9(3)4;1-4(2)5(6)7-3/h4-8H,3H2,1-2H3;9,11H,3-8H2,1-2H3;8-9H,5-7H2,1-4H3;4H,1-3H3. The maximum atomic E-state index is 12.5. The number of carbonyl (C=O) groups is 1. The molecular weight excluding hydrogens is 543 g/mol. The summed E-state index contributed by atoms with van der Waals surface area (Å²) in [4.78, 5) is 10.3. The van der Waals surface area contributed by atoms with Crippen molar-refractivity contribution in [2.75, 3.05) is 13.7 Å². The Morgan fingerprint density at radius 1 is 0.767 bits per heavy atom. The van der Waals surface area contributed by atoms with Gasteiger partial charge in [0.05, 0.1) is 43.0 Å². The van der Waals surface area contributed by atoms with Crippen molar-refractivity contribution >= 4 is 5.97 Å². The average Bonchev–Trinajstić information content (AvgIpc) is 2.94. The highest BCUT2D eigenvalue weighted by Gasteiger charge is 2.16. The minimum atomic E-state index is -0.262. The first-order valence-electron chi connectivity index (χ1n) is 15.9. The maximum Gasteiger partial charge on any atom is 0.308 e. The second kappa shape index (κ2) is 24.7. The molecule has 0 aromatic heterocycles. The molecule has 1 aliphatic rings. The fraction of sp³-hybridized carbons (Fsp3) is 0.649. The summed E-state index contributed by atoms with van der Waals surface area (Å²) >= 11 is 0. The number of carbonyl (C=O) groups excluding carboxylic acids is 1. The number of methoxy groups -OCH3 is 1. The van der Waals surface area contributed by atoms with Gasteiger partial charge in [-0.25, -0.2) is 4.39 Å². The number of esters is 1. The predicted molar refractivity (Wildman–Crippen MR) is 179 cm³/mol. The summed E-state index contributed by atoms with van der Waals surface area (Å²) in [7, 11) is 1.39. The third-order valence-corrected chi connectivity index (χ3v) is 6.52. The van der Waals surface area contributed by atoms with Gasteiger partial charge < -0.3 is 18.9 Å². The largest absolute Gasteiger partial charge is 0.498 e. The van der Waals surface area contributed by atoms with Crippen molar-refractivity contribution in [2.45, 2.75) is 114 Å². The molecule has 43 heavy (non-hydrogen) atoms. The lowest BCUT2D eigenvalue weighted by molar-refractivity contribution is -0.144. The van der Waals surface area contributed by atoms with Gasteiger partial charge in [-0.15, -0.1) is 0 Å². The number of halogens is 1. The maximum absolute atomic E-state index is 12.5. The summed E-state index contributed by atoms with van der Waals surface area (Å²) in [5.74, 6) is 4.67. The topological polar surface area (TPSA) is 54.0 Å². The van der Waals surface area contributed by atoms with Gasteiger partial charge in [0.2, 0.25) is 0 Å². The molecule has 0 amide bonds. The van der Waals surface area contributed by atoms with Crippen LogP contribution in [-0.4, -0.2) is 25.8 Å². The predicted octanol–water partition coefficient (Wildman–Crippen LogP) is 10.9. The number of hydrogen-bond donors (Lipinski definition) is 0. The smallest absolute Gasteiger partial charge is 0.308 e. The fourth-order valence-corrected chi connectivity index (χ4v) is 3.13. The van der Waals surface area contributed by atoms with Crippen LogP contribution in [0, 0.1) is 35.4 Å². The van der Waals surface area contributed by atoms with Crippen LogP contribution in [0.5, 0.6) is 5.75 Å². The fourth-order valence-electron chi connectivity index (χ4n) is 3.13. The third-order valence-electron chi connectivity index (χ3n) is 6.52. The van der Waals surface area contributed by atoms with Crippen molar-refractivity contribution in [3.05, 3.63) is 67.1 Å². The minimum absolute atomic E-state index is 0.00463. The molecule has 0 saturated heterocycles. The Labute approximate surface area is 263 Å². The number of benzene rings is 1. The summed E-state index contributed by atoms with van der Waals surface area (Å²) < 4.78 is 33.4. The molecule has 1 aliphatic carbocycles. The van der Waals surface area contributed by atoms with Crippen molar-refractivity contribution in [1.82, 2.24) is 0 Å². The molecule has 5 nitrogen and oxygen atoms in total. The van der Waals surface area contributed by atoms with Gasteiger partial charge in [-0.05, 0) is 62.3 Å². The van der Waals surface area contributed by atoms with E-state index in [4.69, 9.17) is 14.2 Å². The zero-order valence-electron chi connectivity index (χ0n) is 29.3. The van der Waals surface area contributed by atoms with Crippen LogP contribution in [0.25, 0.3) is 0 Å². The van der Waals surface area contributed by atoms with E-state index in [2.05, 4.69) is 66.0 Å². The Morgan fingerprint density at radius 3 is 1.63 bits per heavy atom. The first kappa shape index (κ1) is 42.4. The van der Waals surface area contributed by atoms with Crippen molar-refractivity contribution in [2.24, 2.45) is 29.6 Å². The highest BCUT2D eigenvalue weighted by atomic mass is 19.1. The molecule has 0 spiro atoms. The van der Waals surface area contributed by atoms with Crippen LogP contribution in [0.3, 0.4) is 0 Å². The molecule has 1 aromatic rings. The average molecular weight is 607 g/mol. The lowest BCUT2D eigenvalue weighted by Crippen LogP contribution is -2.17. The van der Waals surface area contributed by atoms with Gasteiger partial charge in [-0.2, -0.15) is 0 Å². The molecule has 1 saturated carbocycles. The molecule has 0 unspecified atom stereocenters. The van der Waals surface area contributed by atoms with Crippen LogP contribution in [-0.2, 0) is 19.0 Å². The normalized spacial score (nSPS) is 12.8. The van der Waals surface area contributed by atoms with Gasteiger partial charge in [0.15, 0.2) is 0 Å². The Bertz CT molecular complexity index is 894. The van der Waals surface area contributed by atoms with Crippen LogP contribution in [0.15, 0.2) is 61.3 Å². The van der Waals surface area contributed by atoms with Gasteiger partial charge in [-0.1, -0.05) is 95.4 Å². The summed E-state index contributed by atoms with van der Waals surface area (Å²) in [5, 5.41) is 0. The van der Waals surface area contributed by atoms with E-state index in [1.807, 2.05) is 13.8 Å². The highest BCUT2D eigenvalue weighted by molar-refractivity contribution is 5.71. The number of rotatable bonds is 12. The Kier molecular flexibility index (Phi) is 24.3. The molecule has 0 bridgehead atoms. The molecule has 0 heterocycles. The van der Waals surface area contributed by atoms with Crippen LogP contribution in [0.2, 0.25) is 0 Å². The minimum Gasteiger partial charge on any atom is -0.498 e. The van der Waals surface area contributed by atoms with Crippen LogP contribution < -0.4 is 4.74 Å².